The van der Waals surface area contributed by atoms with Crippen LogP contribution in [0.5, 0.6) is 0 Å². The maximum atomic E-state index is 12.5. The highest BCUT2D eigenvalue weighted by Crippen LogP contribution is 2.21. The molecule has 2 amide bonds. The Kier molecular flexibility index (Phi) is 5.79. The van der Waals surface area contributed by atoms with Crippen molar-refractivity contribution in [1.82, 2.24) is 9.88 Å². The van der Waals surface area contributed by atoms with Gasteiger partial charge in [0.1, 0.15) is 0 Å². The van der Waals surface area contributed by atoms with Crippen LogP contribution in [-0.4, -0.2) is 47.4 Å². The summed E-state index contributed by atoms with van der Waals surface area (Å²) in [5, 5.41) is 3.67. The highest BCUT2D eigenvalue weighted by molar-refractivity contribution is 6.08. The molecule has 1 aliphatic heterocycles. The van der Waals surface area contributed by atoms with Crippen LogP contribution in [-0.2, 0) is 9.53 Å². The predicted octanol–water partition coefficient (Wildman–Crippen LogP) is 3.84. The first kappa shape index (κ1) is 19.7. The fourth-order valence-corrected chi connectivity index (χ4v) is 3.68. The Bertz CT molecular complexity index is 1050. The Hall–Kier alpha value is -3.61. The molecule has 154 valence electrons. The van der Waals surface area contributed by atoms with Crippen LogP contribution in [0.1, 0.15) is 23.2 Å². The first-order chi connectivity index (χ1) is 14.6. The highest BCUT2D eigenvalue weighted by Gasteiger charge is 2.29. The monoisotopic (exact) mass is 405 g/mol. The van der Waals surface area contributed by atoms with Crippen molar-refractivity contribution in [3.05, 3.63) is 66.4 Å². The number of hydrogen-bond donors (Lipinski definition) is 2. The molecule has 0 spiro atoms. The summed E-state index contributed by atoms with van der Waals surface area (Å²) in [5.41, 5.74) is 2.12. The molecule has 1 aromatic heterocycles. The van der Waals surface area contributed by atoms with E-state index in [9.17, 15) is 14.4 Å². The van der Waals surface area contributed by atoms with Crippen molar-refractivity contribution in [1.29, 1.82) is 0 Å². The van der Waals surface area contributed by atoms with Crippen LogP contribution in [0.4, 0.5) is 10.5 Å². The molecule has 1 fully saturated rings. The number of anilines is 1. The van der Waals surface area contributed by atoms with Gasteiger partial charge < -0.3 is 19.9 Å². The lowest BCUT2D eigenvalue weighted by atomic mass is 9.97. The number of rotatable bonds is 5. The van der Waals surface area contributed by atoms with Crippen LogP contribution in [0.25, 0.3) is 10.9 Å². The van der Waals surface area contributed by atoms with Crippen LogP contribution >= 0.6 is 0 Å². The average molecular weight is 405 g/mol. The molecular formula is C23H23N3O4. The number of piperidine rings is 1. The van der Waals surface area contributed by atoms with Crippen LogP contribution in [0.2, 0.25) is 0 Å². The number of fused-ring (bicyclic) bond motifs is 1. The summed E-state index contributed by atoms with van der Waals surface area (Å²) in [6, 6.07) is 16.6. The summed E-state index contributed by atoms with van der Waals surface area (Å²) in [4.78, 5) is 42.0. The van der Waals surface area contributed by atoms with Gasteiger partial charge >= 0.3 is 12.0 Å². The Labute approximate surface area is 174 Å². The molecule has 0 unspecified atom stereocenters. The predicted molar refractivity (Wildman–Crippen MR) is 113 cm³/mol. The van der Waals surface area contributed by atoms with Gasteiger partial charge in [-0.05, 0) is 31.0 Å². The van der Waals surface area contributed by atoms with E-state index in [-0.39, 0.29) is 30.3 Å². The maximum Gasteiger partial charge on any atom is 0.321 e. The van der Waals surface area contributed by atoms with Gasteiger partial charge in [0.05, 0.1) is 5.92 Å². The highest BCUT2D eigenvalue weighted by atomic mass is 16.5. The molecule has 0 saturated carbocycles. The van der Waals surface area contributed by atoms with Crippen LogP contribution in [0.15, 0.2) is 60.8 Å². The van der Waals surface area contributed by atoms with E-state index in [0.29, 0.717) is 31.5 Å². The normalized spacial score (nSPS) is 14.5. The molecule has 1 aliphatic rings. The number of Topliss-reactive ketones (excluding diaryl/α,β-unsaturated/α-hetero) is 1. The molecule has 1 saturated heterocycles. The van der Waals surface area contributed by atoms with Crippen molar-refractivity contribution in [3.63, 3.8) is 0 Å². The molecule has 2 N–H and O–H groups in total. The minimum Gasteiger partial charge on any atom is -0.457 e. The summed E-state index contributed by atoms with van der Waals surface area (Å²) in [5.74, 6) is -0.923. The second kappa shape index (κ2) is 8.82. The Morgan fingerprint density at radius 3 is 2.47 bits per heavy atom. The lowest BCUT2D eigenvalue weighted by Gasteiger charge is -2.30. The van der Waals surface area contributed by atoms with Gasteiger partial charge in [-0.25, -0.2) is 4.79 Å². The van der Waals surface area contributed by atoms with Gasteiger partial charge in [0.25, 0.3) is 0 Å². The summed E-state index contributed by atoms with van der Waals surface area (Å²) < 4.78 is 5.29. The van der Waals surface area contributed by atoms with E-state index in [2.05, 4.69) is 10.3 Å². The molecule has 3 aromatic rings. The third-order valence-electron chi connectivity index (χ3n) is 5.38. The number of nitrogens with zero attached hydrogens (tertiary/aromatic N) is 1. The lowest BCUT2D eigenvalue weighted by molar-refractivity contribution is -0.148. The number of aromatic amines is 1. The van der Waals surface area contributed by atoms with Gasteiger partial charge in [-0.3, -0.25) is 9.59 Å². The molecule has 4 rings (SSSR count). The van der Waals surface area contributed by atoms with Gasteiger partial charge in [0, 0.05) is 41.4 Å². The average Bonchev–Trinajstić information content (AvgIpc) is 3.22. The van der Waals surface area contributed by atoms with E-state index in [4.69, 9.17) is 4.74 Å². The summed E-state index contributed by atoms with van der Waals surface area (Å²) in [6.45, 7) is 0.652. The molecule has 2 aromatic carbocycles. The van der Waals surface area contributed by atoms with Crippen molar-refractivity contribution >= 4 is 34.4 Å². The minimum absolute atomic E-state index is 0.178. The van der Waals surface area contributed by atoms with Crippen LogP contribution < -0.4 is 5.32 Å². The standard InChI is InChI=1S/C23H23N3O4/c27-21(19-14-24-20-9-5-4-8-18(19)20)15-30-22(28)16-10-12-26(13-11-16)23(29)25-17-6-2-1-3-7-17/h1-9,14,16,24H,10-13,15H2,(H,25,29). The van der Waals surface area contributed by atoms with Gasteiger partial charge in [0.15, 0.2) is 6.61 Å². The molecule has 2 heterocycles. The van der Waals surface area contributed by atoms with E-state index in [1.807, 2.05) is 54.6 Å². The fourth-order valence-electron chi connectivity index (χ4n) is 3.68. The first-order valence-corrected chi connectivity index (χ1v) is 9.99. The molecular weight excluding hydrogens is 382 g/mol. The van der Waals surface area contributed by atoms with Crippen molar-refractivity contribution in [2.45, 2.75) is 12.8 Å². The number of esters is 1. The topological polar surface area (TPSA) is 91.5 Å². The zero-order valence-electron chi connectivity index (χ0n) is 16.5. The van der Waals surface area contributed by atoms with Gasteiger partial charge in [0.2, 0.25) is 5.78 Å². The number of benzene rings is 2. The number of ketones is 1. The fraction of sp³-hybridized carbons (Fsp3) is 0.261. The summed E-state index contributed by atoms with van der Waals surface area (Å²) in [6.07, 6.45) is 2.68. The van der Waals surface area contributed by atoms with E-state index >= 15 is 0 Å². The number of H-pyrrole nitrogens is 1. The minimum atomic E-state index is -0.383. The number of carbonyl (C=O) groups is 3. The number of aromatic nitrogens is 1. The number of ether oxygens (including phenoxy) is 1. The van der Waals surface area contributed by atoms with E-state index in [0.717, 1.165) is 16.6 Å². The number of likely N-dealkylation sites (tertiary alicyclic amines) is 1. The number of amides is 2. The van der Waals surface area contributed by atoms with Crippen LogP contribution in [0.3, 0.4) is 0 Å². The second-order valence-electron chi connectivity index (χ2n) is 7.34. The lowest BCUT2D eigenvalue weighted by Crippen LogP contribution is -2.42. The summed E-state index contributed by atoms with van der Waals surface area (Å²) in [7, 11) is 0. The third kappa shape index (κ3) is 4.35. The molecule has 7 nitrogen and oxygen atoms in total. The van der Waals surface area contributed by atoms with Crippen LogP contribution in [0, 0.1) is 5.92 Å². The molecule has 0 atom stereocenters. The molecule has 0 bridgehead atoms. The molecule has 0 radical (unpaired) electrons. The van der Waals surface area contributed by atoms with Crippen molar-refractivity contribution in [2.75, 3.05) is 25.0 Å². The number of hydrogen-bond acceptors (Lipinski definition) is 4. The Morgan fingerprint density at radius 1 is 1.00 bits per heavy atom. The number of para-hydroxylation sites is 2. The third-order valence-corrected chi connectivity index (χ3v) is 5.38. The molecule has 30 heavy (non-hydrogen) atoms. The number of nitrogens with one attached hydrogen (secondary N) is 2. The molecule has 7 heteroatoms. The van der Waals surface area contributed by atoms with Crippen molar-refractivity contribution in [2.24, 2.45) is 5.92 Å². The van der Waals surface area contributed by atoms with Gasteiger partial charge in [-0.2, -0.15) is 0 Å². The zero-order chi connectivity index (χ0) is 20.9. The second-order valence-corrected chi connectivity index (χ2v) is 7.34. The SMILES string of the molecule is O=C(COC(=O)C1CCN(C(=O)Nc2ccccc2)CC1)c1c[nH]c2ccccc12. The van der Waals surface area contributed by atoms with Gasteiger partial charge in [-0.15, -0.1) is 0 Å². The van der Waals surface area contributed by atoms with Crippen molar-refractivity contribution < 1.29 is 19.1 Å². The van der Waals surface area contributed by atoms with E-state index in [1.165, 1.54) is 0 Å². The quantitative estimate of drug-likeness (QED) is 0.498. The number of urea groups is 1. The maximum absolute atomic E-state index is 12.5. The summed E-state index contributed by atoms with van der Waals surface area (Å²) >= 11 is 0. The van der Waals surface area contributed by atoms with E-state index in [1.54, 1.807) is 11.1 Å². The number of carbonyl (C=O) groups excluding carboxylic acids is 3. The van der Waals surface area contributed by atoms with E-state index < -0.39 is 0 Å². The first-order valence-electron chi connectivity index (χ1n) is 9.99. The zero-order valence-corrected chi connectivity index (χ0v) is 16.5. The van der Waals surface area contributed by atoms with Gasteiger partial charge in [-0.1, -0.05) is 36.4 Å². The Balaban J connectivity index is 1.25. The molecule has 0 aliphatic carbocycles. The largest absolute Gasteiger partial charge is 0.457 e. The smallest absolute Gasteiger partial charge is 0.321 e. The Morgan fingerprint density at radius 2 is 1.70 bits per heavy atom. The van der Waals surface area contributed by atoms with Crippen molar-refractivity contribution in [3.8, 4) is 0 Å².